The summed E-state index contributed by atoms with van der Waals surface area (Å²) in [7, 11) is 0. The van der Waals surface area contributed by atoms with Crippen LogP contribution in [-0.2, 0) is 32.7 Å². The van der Waals surface area contributed by atoms with Crippen LogP contribution in [0.3, 0.4) is 0 Å². The molecule has 1 aliphatic rings. The van der Waals surface area contributed by atoms with Crippen LogP contribution < -0.4 is 0 Å². The Morgan fingerprint density at radius 1 is 0.485 bits per heavy atom. The Morgan fingerprint density at radius 2 is 0.955 bits per heavy atom. The molecule has 1 aliphatic carbocycles. The molecule has 7 nitrogen and oxygen atoms in total. The van der Waals surface area contributed by atoms with E-state index in [9.17, 15) is 0 Å². The van der Waals surface area contributed by atoms with Gasteiger partial charge in [0.25, 0.3) is 0 Å². The van der Waals surface area contributed by atoms with Gasteiger partial charge in [0, 0.05) is 22.1 Å². The number of unbranched alkanes of at least 4 members (excludes halogenated alkanes) is 3. The van der Waals surface area contributed by atoms with Gasteiger partial charge in [-0.15, -0.1) is 0 Å². The van der Waals surface area contributed by atoms with E-state index < -0.39 is 0 Å². The SMILES string of the molecule is CCCCCCc1ccc(-c2nc(-c3ccc(C)cc3)nc(-c3ccc(C)cc3)n2)cc1.Cc1ccc2c(c1)C(C)(c1ccc(COCCOCCOCCO)c(C)c1)c1cc(C)ccc1-2. The van der Waals surface area contributed by atoms with E-state index in [-0.39, 0.29) is 12.0 Å². The largest absolute Gasteiger partial charge is 0.394 e. The summed E-state index contributed by atoms with van der Waals surface area (Å²) >= 11 is 0. The Hall–Kier alpha value is -5.83. The fourth-order valence-electron chi connectivity index (χ4n) is 8.67. The fourth-order valence-corrected chi connectivity index (χ4v) is 8.67. The molecule has 0 spiro atoms. The molecular weight excluding hydrogens is 815 g/mol. The number of aromatic nitrogens is 3. The molecule has 0 radical (unpaired) electrons. The van der Waals surface area contributed by atoms with Gasteiger partial charge in [-0.3, -0.25) is 0 Å². The highest BCUT2D eigenvalue weighted by molar-refractivity contribution is 5.84. The van der Waals surface area contributed by atoms with Gasteiger partial charge in [-0.1, -0.05) is 176 Å². The van der Waals surface area contributed by atoms with Gasteiger partial charge in [-0.25, -0.2) is 15.0 Å². The Balaban J connectivity index is 0.000000197. The summed E-state index contributed by atoms with van der Waals surface area (Å²) in [6, 6.07) is 45.9. The molecule has 0 saturated carbocycles. The summed E-state index contributed by atoms with van der Waals surface area (Å²) in [5, 5.41) is 8.69. The molecule has 0 fully saturated rings. The van der Waals surface area contributed by atoms with E-state index in [1.54, 1.807) is 0 Å². The van der Waals surface area contributed by atoms with E-state index >= 15 is 0 Å². The van der Waals surface area contributed by atoms with Gasteiger partial charge in [0.1, 0.15) is 0 Å². The lowest BCUT2D eigenvalue weighted by molar-refractivity contribution is 0.00444. The zero-order valence-electron chi connectivity index (χ0n) is 40.1. The van der Waals surface area contributed by atoms with Gasteiger partial charge in [-0.05, 0) is 98.9 Å². The monoisotopic (exact) mass is 882 g/mol. The maximum Gasteiger partial charge on any atom is 0.164 e. The first-order valence-corrected chi connectivity index (χ1v) is 23.7. The number of benzene rings is 6. The smallest absolute Gasteiger partial charge is 0.164 e. The lowest BCUT2D eigenvalue weighted by atomic mass is 9.73. The van der Waals surface area contributed by atoms with E-state index in [1.807, 2.05) is 0 Å². The van der Waals surface area contributed by atoms with Crippen LogP contribution >= 0.6 is 0 Å². The summed E-state index contributed by atoms with van der Waals surface area (Å²) in [5.74, 6) is 2.12. The normalized spacial score (nSPS) is 12.4. The molecular formula is C59H67N3O4. The van der Waals surface area contributed by atoms with Crippen molar-refractivity contribution in [1.29, 1.82) is 0 Å². The van der Waals surface area contributed by atoms with Crippen molar-refractivity contribution >= 4 is 0 Å². The Bertz CT molecular complexity index is 2540. The highest BCUT2D eigenvalue weighted by atomic mass is 16.5. The maximum absolute atomic E-state index is 8.69. The van der Waals surface area contributed by atoms with E-state index in [1.165, 1.54) is 92.4 Å². The van der Waals surface area contributed by atoms with Crippen LogP contribution in [0.15, 0.2) is 127 Å². The van der Waals surface area contributed by atoms with Crippen molar-refractivity contribution in [1.82, 2.24) is 15.0 Å². The minimum absolute atomic E-state index is 0.0404. The second-order valence-electron chi connectivity index (χ2n) is 17.9. The van der Waals surface area contributed by atoms with Gasteiger partial charge in [0.15, 0.2) is 17.5 Å². The molecule has 0 amide bonds. The summed E-state index contributed by atoms with van der Waals surface area (Å²) in [4.78, 5) is 14.5. The lowest BCUT2D eigenvalue weighted by Crippen LogP contribution is -2.23. The summed E-state index contributed by atoms with van der Waals surface area (Å²) in [6.45, 7) is 18.3. The highest BCUT2D eigenvalue weighted by Crippen LogP contribution is 2.53. The molecule has 342 valence electrons. The van der Waals surface area contributed by atoms with Crippen LogP contribution in [0.5, 0.6) is 0 Å². The molecule has 0 unspecified atom stereocenters. The molecule has 7 aromatic rings. The first-order chi connectivity index (χ1) is 32.1. The van der Waals surface area contributed by atoms with Gasteiger partial charge >= 0.3 is 0 Å². The molecule has 0 saturated heterocycles. The molecule has 1 heterocycles. The van der Waals surface area contributed by atoms with E-state index in [2.05, 4.69) is 176 Å². The third-order valence-electron chi connectivity index (χ3n) is 12.7. The van der Waals surface area contributed by atoms with Crippen molar-refractivity contribution in [2.75, 3.05) is 39.6 Å². The Labute approximate surface area is 393 Å². The number of aliphatic hydroxyl groups is 1. The summed E-state index contributed by atoms with van der Waals surface area (Å²) < 4.78 is 16.5. The minimum Gasteiger partial charge on any atom is -0.394 e. The minimum atomic E-state index is -0.182. The van der Waals surface area contributed by atoms with Crippen molar-refractivity contribution in [3.63, 3.8) is 0 Å². The lowest BCUT2D eigenvalue weighted by Gasteiger charge is -2.29. The average molecular weight is 882 g/mol. The van der Waals surface area contributed by atoms with E-state index in [0.29, 0.717) is 57.1 Å². The number of ether oxygens (including phenoxy) is 3. The van der Waals surface area contributed by atoms with Crippen molar-refractivity contribution in [2.24, 2.45) is 0 Å². The van der Waals surface area contributed by atoms with Crippen LogP contribution in [0.25, 0.3) is 45.3 Å². The Kier molecular flexibility index (Phi) is 16.8. The predicted molar refractivity (Wildman–Crippen MR) is 270 cm³/mol. The molecule has 7 heteroatoms. The third kappa shape index (κ3) is 11.9. The van der Waals surface area contributed by atoms with Crippen molar-refractivity contribution in [3.05, 3.63) is 183 Å². The van der Waals surface area contributed by atoms with E-state index in [4.69, 9.17) is 34.3 Å². The van der Waals surface area contributed by atoms with Gasteiger partial charge in [0.2, 0.25) is 0 Å². The zero-order valence-corrected chi connectivity index (χ0v) is 40.1. The van der Waals surface area contributed by atoms with Gasteiger partial charge in [-0.2, -0.15) is 0 Å². The number of aryl methyl sites for hydroxylation is 6. The van der Waals surface area contributed by atoms with E-state index in [0.717, 1.165) is 23.1 Å². The van der Waals surface area contributed by atoms with Crippen LogP contribution in [0.4, 0.5) is 0 Å². The second kappa shape index (κ2) is 23.1. The van der Waals surface area contributed by atoms with Gasteiger partial charge < -0.3 is 19.3 Å². The molecule has 1 aromatic heterocycles. The van der Waals surface area contributed by atoms with Crippen LogP contribution in [0, 0.1) is 34.6 Å². The fraction of sp³-hybridized carbons (Fsp3) is 0.339. The number of fused-ring (bicyclic) bond motifs is 3. The molecule has 0 bridgehead atoms. The standard InChI is InChI=1S/C30H36O4.C29H31N3/c1-21-5-9-26-27-10-6-22(2)18-29(27)30(4,28(26)17-21)25-8-7-24(23(3)19-25)20-34-16-15-33-14-13-32-12-11-31;1-4-5-6-7-8-23-13-19-26(20-14-23)29-31-27(24-15-9-21(2)10-16-24)30-28(32-29)25-17-11-22(3)12-18-25/h5-10,17-19,31H,11-16,20H2,1-4H3;9-20H,4-8H2,1-3H3. The number of nitrogens with zero attached hydrogens (tertiary/aromatic N) is 3. The van der Waals surface area contributed by atoms with Crippen LogP contribution in [0.1, 0.15) is 95.2 Å². The topological polar surface area (TPSA) is 86.6 Å². The molecule has 1 N–H and O–H groups in total. The van der Waals surface area contributed by atoms with Crippen molar-refractivity contribution in [2.45, 2.75) is 92.6 Å². The zero-order chi connectivity index (χ0) is 46.5. The average Bonchev–Trinajstić information content (AvgIpc) is 3.57. The second-order valence-corrected chi connectivity index (χ2v) is 17.9. The third-order valence-corrected chi connectivity index (χ3v) is 12.7. The quantitative estimate of drug-likeness (QED) is 0.0810. The first kappa shape index (κ1) is 48.1. The first-order valence-electron chi connectivity index (χ1n) is 23.7. The molecule has 0 atom stereocenters. The molecule has 66 heavy (non-hydrogen) atoms. The summed E-state index contributed by atoms with van der Waals surface area (Å²) in [5.41, 5.74) is 18.4. The van der Waals surface area contributed by atoms with Crippen LogP contribution in [-0.4, -0.2) is 59.7 Å². The molecule has 6 aromatic carbocycles. The maximum atomic E-state index is 8.69. The summed E-state index contributed by atoms with van der Waals surface area (Å²) in [6.07, 6.45) is 6.25. The number of aliphatic hydroxyl groups excluding tert-OH is 1. The molecule has 8 rings (SSSR count). The predicted octanol–water partition coefficient (Wildman–Crippen LogP) is 13.1. The highest BCUT2D eigenvalue weighted by Gasteiger charge is 2.41. The Morgan fingerprint density at radius 3 is 1.44 bits per heavy atom. The number of hydrogen-bond donors (Lipinski definition) is 1. The van der Waals surface area contributed by atoms with Crippen molar-refractivity contribution < 1.29 is 19.3 Å². The van der Waals surface area contributed by atoms with Crippen LogP contribution in [0.2, 0.25) is 0 Å². The number of hydrogen-bond acceptors (Lipinski definition) is 7. The van der Waals surface area contributed by atoms with Gasteiger partial charge in [0.05, 0.1) is 46.2 Å². The van der Waals surface area contributed by atoms with Crippen molar-refractivity contribution in [3.8, 4) is 45.3 Å². The number of rotatable bonds is 19. The molecule has 0 aliphatic heterocycles.